The van der Waals surface area contributed by atoms with Crippen molar-refractivity contribution >= 4 is 0 Å². The van der Waals surface area contributed by atoms with Gasteiger partial charge in [-0.2, -0.15) is 5.26 Å². The monoisotopic (exact) mass is 257 g/mol. The number of piperidine rings is 1. The van der Waals surface area contributed by atoms with E-state index in [9.17, 15) is 0 Å². The highest BCUT2D eigenvalue weighted by Crippen LogP contribution is 2.17. The summed E-state index contributed by atoms with van der Waals surface area (Å²) in [7, 11) is 2.19. The number of rotatable bonds is 3. The lowest BCUT2D eigenvalue weighted by molar-refractivity contribution is 0.174. The zero-order valence-corrected chi connectivity index (χ0v) is 12.1. The summed E-state index contributed by atoms with van der Waals surface area (Å²) < 4.78 is 0. The number of nitrogens with one attached hydrogen (secondary N) is 1. The average Bonchev–Trinajstić information content (AvgIpc) is 2.39. The largest absolute Gasteiger partial charge is 0.310 e. The maximum atomic E-state index is 8.88. The minimum absolute atomic E-state index is 0.603. The lowest BCUT2D eigenvalue weighted by Gasteiger charge is -2.35. The van der Waals surface area contributed by atoms with Gasteiger partial charge >= 0.3 is 0 Å². The van der Waals surface area contributed by atoms with Gasteiger partial charge in [0.15, 0.2) is 0 Å². The van der Waals surface area contributed by atoms with Crippen molar-refractivity contribution in [1.29, 1.82) is 5.26 Å². The number of likely N-dealkylation sites (tertiary alicyclic amines) is 1. The van der Waals surface area contributed by atoms with Crippen LogP contribution in [0.3, 0.4) is 0 Å². The van der Waals surface area contributed by atoms with Crippen LogP contribution >= 0.6 is 0 Å². The molecular weight excluding hydrogens is 234 g/mol. The standard InChI is InChI=1S/C16H23N3/c1-12-8-14(9-17)4-5-15(12)10-18-16-6-7-19(3)11-13(16)2/h4-5,8,13,16,18H,6-7,10-11H2,1-3H3. The molecule has 1 saturated heterocycles. The molecule has 0 aromatic heterocycles. The molecule has 1 aromatic carbocycles. The van der Waals surface area contributed by atoms with Gasteiger partial charge in [-0.05, 0) is 56.1 Å². The minimum Gasteiger partial charge on any atom is -0.310 e. The quantitative estimate of drug-likeness (QED) is 0.903. The Morgan fingerprint density at radius 2 is 2.26 bits per heavy atom. The van der Waals surface area contributed by atoms with Crippen molar-refractivity contribution in [3.63, 3.8) is 0 Å². The highest BCUT2D eigenvalue weighted by molar-refractivity contribution is 5.37. The van der Waals surface area contributed by atoms with Crippen LogP contribution < -0.4 is 5.32 Å². The van der Waals surface area contributed by atoms with Gasteiger partial charge in [-0.3, -0.25) is 0 Å². The molecule has 0 spiro atoms. The molecule has 1 aliphatic rings. The van der Waals surface area contributed by atoms with E-state index in [0.29, 0.717) is 12.0 Å². The molecule has 1 aliphatic heterocycles. The van der Waals surface area contributed by atoms with Crippen LogP contribution in [-0.4, -0.2) is 31.1 Å². The molecule has 0 bridgehead atoms. The fraction of sp³-hybridized carbons (Fsp3) is 0.562. The van der Waals surface area contributed by atoms with Crippen molar-refractivity contribution in [2.45, 2.75) is 32.9 Å². The zero-order chi connectivity index (χ0) is 13.8. The molecule has 2 unspecified atom stereocenters. The van der Waals surface area contributed by atoms with E-state index in [2.05, 4.69) is 43.2 Å². The van der Waals surface area contributed by atoms with E-state index in [-0.39, 0.29) is 0 Å². The number of hydrogen-bond donors (Lipinski definition) is 1. The van der Waals surface area contributed by atoms with Gasteiger partial charge in [-0.25, -0.2) is 0 Å². The summed E-state index contributed by atoms with van der Waals surface area (Å²) in [6, 6.07) is 8.73. The van der Waals surface area contributed by atoms with Crippen molar-refractivity contribution in [1.82, 2.24) is 10.2 Å². The van der Waals surface area contributed by atoms with Gasteiger partial charge in [-0.15, -0.1) is 0 Å². The maximum Gasteiger partial charge on any atom is 0.0991 e. The molecule has 1 fully saturated rings. The van der Waals surface area contributed by atoms with Gasteiger partial charge < -0.3 is 10.2 Å². The second kappa shape index (κ2) is 6.18. The van der Waals surface area contributed by atoms with Crippen LogP contribution in [0, 0.1) is 24.2 Å². The van der Waals surface area contributed by atoms with E-state index in [1.807, 2.05) is 12.1 Å². The SMILES string of the molecule is Cc1cc(C#N)ccc1CNC1CCN(C)CC1C. The Morgan fingerprint density at radius 1 is 1.47 bits per heavy atom. The maximum absolute atomic E-state index is 8.88. The Balaban J connectivity index is 1.94. The third kappa shape index (κ3) is 3.56. The van der Waals surface area contributed by atoms with Gasteiger partial charge in [0.05, 0.1) is 11.6 Å². The molecule has 3 heteroatoms. The van der Waals surface area contributed by atoms with Crippen molar-refractivity contribution in [2.24, 2.45) is 5.92 Å². The number of benzene rings is 1. The molecule has 19 heavy (non-hydrogen) atoms. The first-order valence-corrected chi connectivity index (χ1v) is 7.01. The Labute approximate surface area is 116 Å². The average molecular weight is 257 g/mol. The fourth-order valence-electron chi connectivity index (χ4n) is 2.86. The first-order valence-electron chi connectivity index (χ1n) is 7.01. The summed E-state index contributed by atoms with van der Waals surface area (Å²) in [6.45, 7) is 7.64. The fourth-order valence-corrected chi connectivity index (χ4v) is 2.86. The van der Waals surface area contributed by atoms with E-state index in [1.165, 1.54) is 30.6 Å². The van der Waals surface area contributed by atoms with Crippen LogP contribution in [0.25, 0.3) is 0 Å². The van der Waals surface area contributed by atoms with Gasteiger partial charge in [0.25, 0.3) is 0 Å². The third-order valence-corrected chi connectivity index (χ3v) is 4.13. The molecule has 102 valence electrons. The highest BCUT2D eigenvalue weighted by atomic mass is 15.1. The third-order valence-electron chi connectivity index (χ3n) is 4.13. The molecule has 1 heterocycles. The first-order chi connectivity index (χ1) is 9.10. The molecule has 1 aromatic rings. The Bertz CT molecular complexity index is 475. The first kappa shape index (κ1) is 14.0. The zero-order valence-electron chi connectivity index (χ0n) is 12.1. The Hall–Kier alpha value is -1.37. The van der Waals surface area contributed by atoms with Gasteiger partial charge in [0.2, 0.25) is 0 Å². The Morgan fingerprint density at radius 3 is 2.89 bits per heavy atom. The van der Waals surface area contributed by atoms with Gasteiger partial charge in [0, 0.05) is 19.1 Å². The summed E-state index contributed by atoms with van der Waals surface area (Å²) in [5, 5.41) is 12.6. The molecule has 3 nitrogen and oxygen atoms in total. The van der Waals surface area contributed by atoms with Crippen molar-refractivity contribution in [3.05, 3.63) is 34.9 Å². The van der Waals surface area contributed by atoms with Crippen LogP contribution in [0.1, 0.15) is 30.0 Å². The predicted molar refractivity (Wildman–Crippen MR) is 77.8 cm³/mol. The van der Waals surface area contributed by atoms with E-state index in [4.69, 9.17) is 5.26 Å². The Kier molecular flexibility index (Phi) is 4.57. The van der Waals surface area contributed by atoms with E-state index in [1.54, 1.807) is 0 Å². The minimum atomic E-state index is 0.603. The van der Waals surface area contributed by atoms with E-state index < -0.39 is 0 Å². The lowest BCUT2D eigenvalue weighted by atomic mass is 9.94. The summed E-state index contributed by atoms with van der Waals surface area (Å²) in [4.78, 5) is 2.40. The molecule has 2 atom stereocenters. The van der Waals surface area contributed by atoms with Crippen molar-refractivity contribution < 1.29 is 0 Å². The van der Waals surface area contributed by atoms with E-state index >= 15 is 0 Å². The van der Waals surface area contributed by atoms with Gasteiger partial charge in [0.1, 0.15) is 0 Å². The molecular formula is C16H23N3. The molecule has 0 aliphatic carbocycles. The predicted octanol–water partition coefficient (Wildman–Crippen LogP) is 2.30. The number of hydrogen-bond acceptors (Lipinski definition) is 3. The summed E-state index contributed by atoms with van der Waals surface area (Å²) in [5.41, 5.74) is 3.24. The lowest BCUT2D eigenvalue weighted by Crippen LogP contribution is -2.46. The second-order valence-corrected chi connectivity index (χ2v) is 5.77. The number of aryl methyl sites for hydroxylation is 1. The number of nitriles is 1. The van der Waals surface area contributed by atoms with Crippen LogP contribution in [-0.2, 0) is 6.54 Å². The van der Waals surface area contributed by atoms with Crippen molar-refractivity contribution in [3.8, 4) is 6.07 Å². The van der Waals surface area contributed by atoms with Gasteiger partial charge in [-0.1, -0.05) is 13.0 Å². The summed E-state index contributed by atoms with van der Waals surface area (Å²) in [6.07, 6.45) is 1.22. The van der Waals surface area contributed by atoms with Crippen LogP contribution in [0.15, 0.2) is 18.2 Å². The second-order valence-electron chi connectivity index (χ2n) is 5.77. The normalized spacial score (nSPS) is 24.1. The van der Waals surface area contributed by atoms with Crippen LogP contribution in [0.4, 0.5) is 0 Å². The van der Waals surface area contributed by atoms with E-state index in [0.717, 1.165) is 12.1 Å². The highest BCUT2D eigenvalue weighted by Gasteiger charge is 2.23. The molecule has 1 N–H and O–H groups in total. The topological polar surface area (TPSA) is 39.1 Å². The smallest absolute Gasteiger partial charge is 0.0991 e. The van der Waals surface area contributed by atoms with Crippen LogP contribution in [0.5, 0.6) is 0 Å². The molecule has 0 saturated carbocycles. The summed E-state index contributed by atoms with van der Waals surface area (Å²) >= 11 is 0. The molecule has 2 rings (SSSR count). The van der Waals surface area contributed by atoms with Crippen molar-refractivity contribution in [2.75, 3.05) is 20.1 Å². The number of nitrogens with zero attached hydrogens (tertiary/aromatic N) is 2. The molecule has 0 radical (unpaired) electrons. The van der Waals surface area contributed by atoms with Crippen LogP contribution in [0.2, 0.25) is 0 Å². The summed E-state index contributed by atoms with van der Waals surface area (Å²) in [5.74, 6) is 0.692. The molecule has 0 amide bonds.